The summed E-state index contributed by atoms with van der Waals surface area (Å²) < 4.78 is 13.8. The summed E-state index contributed by atoms with van der Waals surface area (Å²) in [5.74, 6) is -0.286. The number of nitrogens with one attached hydrogen (secondary N) is 1. The summed E-state index contributed by atoms with van der Waals surface area (Å²) in [4.78, 5) is 4.28. The number of nitrogens with zero attached hydrogens (tertiary/aromatic N) is 1. The average Bonchev–Trinajstić information content (AvgIpc) is 3.18. The zero-order valence-corrected chi connectivity index (χ0v) is 11.6. The van der Waals surface area contributed by atoms with Crippen LogP contribution in [-0.2, 0) is 0 Å². The van der Waals surface area contributed by atoms with Gasteiger partial charge in [-0.05, 0) is 43.7 Å². The van der Waals surface area contributed by atoms with Crippen LogP contribution < -0.4 is 5.32 Å². The highest BCUT2D eigenvalue weighted by Crippen LogP contribution is 2.48. The van der Waals surface area contributed by atoms with Gasteiger partial charge in [-0.3, -0.25) is 0 Å². The number of fused-ring (bicyclic) bond motifs is 1. The molecule has 3 rings (SSSR count). The van der Waals surface area contributed by atoms with E-state index in [-0.39, 0.29) is 17.8 Å². The molecular formula is C16H19FN2O. The third-order valence-corrected chi connectivity index (χ3v) is 4.17. The predicted octanol–water partition coefficient (Wildman–Crippen LogP) is 3.26. The third-order valence-electron chi connectivity index (χ3n) is 4.17. The molecule has 0 radical (unpaired) electrons. The quantitative estimate of drug-likeness (QED) is 0.879. The Labute approximate surface area is 117 Å². The maximum Gasteiger partial charge on any atom is 0.149 e. The van der Waals surface area contributed by atoms with E-state index in [9.17, 15) is 4.39 Å². The first-order valence-electron chi connectivity index (χ1n) is 7.04. The number of pyridine rings is 1. The highest BCUT2D eigenvalue weighted by molar-refractivity contribution is 5.91. The van der Waals surface area contributed by atoms with E-state index in [1.807, 2.05) is 19.1 Å². The molecule has 20 heavy (non-hydrogen) atoms. The SMILES string of the molecule is Cc1cc(NCC2(CCO)CC2)c2cccc(F)c2n1. The molecule has 0 aliphatic heterocycles. The third kappa shape index (κ3) is 2.48. The maximum absolute atomic E-state index is 13.8. The Bertz CT molecular complexity index is 638. The molecule has 0 unspecified atom stereocenters. The Morgan fingerprint density at radius 1 is 1.40 bits per heavy atom. The average molecular weight is 274 g/mol. The van der Waals surface area contributed by atoms with Gasteiger partial charge in [0.2, 0.25) is 0 Å². The molecule has 0 saturated heterocycles. The van der Waals surface area contributed by atoms with E-state index in [1.165, 1.54) is 6.07 Å². The van der Waals surface area contributed by atoms with E-state index in [4.69, 9.17) is 5.11 Å². The summed E-state index contributed by atoms with van der Waals surface area (Å²) in [7, 11) is 0. The second-order valence-electron chi connectivity index (χ2n) is 5.77. The minimum Gasteiger partial charge on any atom is -0.396 e. The van der Waals surface area contributed by atoms with Gasteiger partial charge < -0.3 is 10.4 Å². The van der Waals surface area contributed by atoms with Gasteiger partial charge >= 0.3 is 0 Å². The lowest BCUT2D eigenvalue weighted by atomic mass is 10.0. The summed E-state index contributed by atoms with van der Waals surface area (Å²) in [6, 6.07) is 6.99. The van der Waals surface area contributed by atoms with Crippen molar-refractivity contribution in [3.63, 3.8) is 0 Å². The second kappa shape index (κ2) is 5.02. The number of anilines is 1. The van der Waals surface area contributed by atoms with Crippen molar-refractivity contribution in [2.45, 2.75) is 26.2 Å². The maximum atomic E-state index is 13.8. The van der Waals surface area contributed by atoms with E-state index in [0.29, 0.717) is 5.52 Å². The standard InChI is InChI=1S/C16H19FN2O/c1-11-9-14(18-10-16(5-6-16)7-8-20)12-3-2-4-13(17)15(12)19-11/h2-4,9,20H,5-8,10H2,1H3,(H,18,19). The molecule has 1 aromatic heterocycles. The van der Waals surface area contributed by atoms with Gasteiger partial charge in [0.05, 0.1) is 0 Å². The van der Waals surface area contributed by atoms with Crippen molar-refractivity contribution in [1.29, 1.82) is 0 Å². The van der Waals surface area contributed by atoms with Crippen molar-refractivity contribution in [2.24, 2.45) is 5.41 Å². The van der Waals surface area contributed by atoms with Crippen LogP contribution in [0, 0.1) is 18.2 Å². The van der Waals surface area contributed by atoms with E-state index >= 15 is 0 Å². The molecule has 0 amide bonds. The number of halogens is 1. The Kier molecular flexibility index (Phi) is 3.34. The molecule has 1 heterocycles. The summed E-state index contributed by atoms with van der Waals surface area (Å²) >= 11 is 0. The van der Waals surface area contributed by atoms with Crippen molar-refractivity contribution >= 4 is 16.6 Å². The number of para-hydroxylation sites is 1. The van der Waals surface area contributed by atoms with Gasteiger partial charge in [-0.25, -0.2) is 9.37 Å². The molecule has 1 saturated carbocycles. The number of aliphatic hydroxyl groups is 1. The van der Waals surface area contributed by atoms with Crippen LogP contribution in [0.2, 0.25) is 0 Å². The molecule has 0 spiro atoms. The fourth-order valence-electron chi connectivity index (χ4n) is 2.70. The first-order chi connectivity index (χ1) is 9.63. The largest absolute Gasteiger partial charge is 0.396 e. The lowest BCUT2D eigenvalue weighted by Gasteiger charge is -2.17. The minimum absolute atomic E-state index is 0.228. The summed E-state index contributed by atoms with van der Waals surface area (Å²) in [6.07, 6.45) is 3.13. The summed E-state index contributed by atoms with van der Waals surface area (Å²) in [6.45, 7) is 2.92. The van der Waals surface area contributed by atoms with Crippen LogP contribution in [0.5, 0.6) is 0 Å². The van der Waals surface area contributed by atoms with Crippen LogP contribution in [0.4, 0.5) is 10.1 Å². The second-order valence-corrected chi connectivity index (χ2v) is 5.77. The van der Waals surface area contributed by atoms with Crippen molar-refractivity contribution < 1.29 is 9.50 Å². The van der Waals surface area contributed by atoms with Crippen LogP contribution >= 0.6 is 0 Å². The van der Waals surface area contributed by atoms with Gasteiger partial charge in [-0.15, -0.1) is 0 Å². The van der Waals surface area contributed by atoms with Crippen LogP contribution in [0.25, 0.3) is 10.9 Å². The predicted molar refractivity (Wildman–Crippen MR) is 78.3 cm³/mol. The number of hydrogen-bond donors (Lipinski definition) is 2. The number of benzene rings is 1. The molecule has 106 valence electrons. The van der Waals surface area contributed by atoms with Crippen LogP contribution in [-0.4, -0.2) is 23.2 Å². The number of aryl methyl sites for hydroxylation is 1. The van der Waals surface area contributed by atoms with Crippen LogP contribution in [0.3, 0.4) is 0 Å². The van der Waals surface area contributed by atoms with E-state index in [0.717, 1.165) is 42.6 Å². The van der Waals surface area contributed by atoms with Crippen molar-refractivity contribution in [3.05, 3.63) is 35.8 Å². The Hall–Kier alpha value is -1.68. The topological polar surface area (TPSA) is 45.1 Å². The lowest BCUT2D eigenvalue weighted by Crippen LogP contribution is -2.17. The molecule has 1 aliphatic carbocycles. The smallest absolute Gasteiger partial charge is 0.149 e. The van der Waals surface area contributed by atoms with E-state index in [1.54, 1.807) is 6.07 Å². The molecule has 1 aliphatic rings. The van der Waals surface area contributed by atoms with Crippen molar-refractivity contribution in [2.75, 3.05) is 18.5 Å². The molecule has 0 atom stereocenters. The molecule has 1 fully saturated rings. The Morgan fingerprint density at radius 3 is 2.90 bits per heavy atom. The molecule has 0 bridgehead atoms. The van der Waals surface area contributed by atoms with E-state index in [2.05, 4.69) is 10.3 Å². The zero-order chi connectivity index (χ0) is 14.2. The highest BCUT2D eigenvalue weighted by Gasteiger charge is 2.41. The number of aliphatic hydroxyl groups excluding tert-OH is 1. The summed E-state index contributed by atoms with van der Waals surface area (Å²) in [5, 5.41) is 13.3. The molecular weight excluding hydrogens is 255 g/mol. The molecule has 2 aromatic rings. The molecule has 4 heteroatoms. The van der Waals surface area contributed by atoms with Crippen molar-refractivity contribution in [3.8, 4) is 0 Å². The number of aromatic nitrogens is 1. The number of hydrogen-bond acceptors (Lipinski definition) is 3. The zero-order valence-electron chi connectivity index (χ0n) is 11.6. The van der Waals surface area contributed by atoms with Gasteiger partial charge in [-0.2, -0.15) is 0 Å². The molecule has 3 nitrogen and oxygen atoms in total. The highest BCUT2D eigenvalue weighted by atomic mass is 19.1. The fraction of sp³-hybridized carbons (Fsp3) is 0.438. The van der Waals surface area contributed by atoms with Gasteiger partial charge in [0.15, 0.2) is 0 Å². The molecule has 2 N–H and O–H groups in total. The van der Waals surface area contributed by atoms with Crippen LogP contribution in [0.1, 0.15) is 25.0 Å². The van der Waals surface area contributed by atoms with Gasteiger partial charge in [0.25, 0.3) is 0 Å². The normalized spacial score (nSPS) is 16.4. The van der Waals surface area contributed by atoms with Gasteiger partial charge in [-0.1, -0.05) is 12.1 Å². The Morgan fingerprint density at radius 2 is 2.20 bits per heavy atom. The summed E-state index contributed by atoms with van der Waals surface area (Å²) in [5.41, 5.74) is 2.38. The fourth-order valence-corrected chi connectivity index (χ4v) is 2.70. The van der Waals surface area contributed by atoms with Crippen LogP contribution in [0.15, 0.2) is 24.3 Å². The molecule has 1 aromatic carbocycles. The van der Waals surface area contributed by atoms with E-state index < -0.39 is 0 Å². The first kappa shape index (κ1) is 13.3. The monoisotopic (exact) mass is 274 g/mol. The van der Waals surface area contributed by atoms with Gasteiger partial charge in [0, 0.05) is 29.9 Å². The minimum atomic E-state index is -0.286. The van der Waals surface area contributed by atoms with Gasteiger partial charge in [0.1, 0.15) is 11.3 Å². The van der Waals surface area contributed by atoms with Crippen molar-refractivity contribution in [1.82, 2.24) is 4.98 Å². The first-order valence-corrected chi connectivity index (χ1v) is 7.04. The lowest BCUT2D eigenvalue weighted by molar-refractivity contribution is 0.253. The number of rotatable bonds is 5. The Balaban J connectivity index is 1.89.